The van der Waals surface area contributed by atoms with Gasteiger partial charge < -0.3 is 20.0 Å². The highest BCUT2D eigenvalue weighted by Crippen LogP contribution is 2.27. The van der Waals surface area contributed by atoms with Gasteiger partial charge in [0.25, 0.3) is 6.43 Å². The Bertz CT molecular complexity index is 830. The average Bonchev–Trinajstić information content (AvgIpc) is 2.59. The first-order valence-electron chi connectivity index (χ1n) is 8.93. The van der Waals surface area contributed by atoms with Gasteiger partial charge in [-0.1, -0.05) is 13.8 Å². The van der Waals surface area contributed by atoms with E-state index >= 15 is 0 Å². The van der Waals surface area contributed by atoms with Crippen LogP contribution in [0.4, 0.5) is 13.6 Å². The van der Waals surface area contributed by atoms with Crippen molar-refractivity contribution >= 4 is 6.09 Å². The Morgan fingerprint density at radius 2 is 2.04 bits per heavy atom. The summed E-state index contributed by atoms with van der Waals surface area (Å²) in [6.07, 6.45) is -0.620. The standard InChI is InChI=1S/C20H25F2N3O3/c1-12(2)9-20(4,25-19(26)27)11-28-17-10-24-15(7-13(17)3)14-5-6-23-16(8-14)18(21)22/h5-8,10,12,18,25H,9,11H2,1-4H3,(H,26,27)/p-1. The lowest BCUT2D eigenvalue weighted by Crippen LogP contribution is -2.55. The average molecular weight is 392 g/mol. The van der Waals surface area contributed by atoms with Gasteiger partial charge in [-0.3, -0.25) is 9.97 Å². The van der Waals surface area contributed by atoms with Crippen molar-refractivity contribution in [3.8, 4) is 17.0 Å². The summed E-state index contributed by atoms with van der Waals surface area (Å²) in [5, 5.41) is 13.4. The van der Waals surface area contributed by atoms with Crippen molar-refractivity contribution in [3.63, 3.8) is 0 Å². The first-order chi connectivity index (χ1) is 13.1. The fourth-order valence-corrected chi connectivity index (χ4v) is 3.11. The first-order valence-corrected chi connectivity index (χ1v) is 8.93. The van der Waals surface area contributed by atoms with Gasteiger partial charge in [-0.2, -0.15) is 0 Å². The normalized spacial score (nSPS) is 13.4. The van der Waals surface area contributed by atoms with E-state index in [2.05, 4.69) is 15.3 Å². The molecule has 1 unspecified atom stereocenters. The summed E-state index contributed by atoms with van der Waals surface area (Å²) in [6.45, 7) is 7.63. The third-order valence-electron chi connectivity index (χ3n) is 4.17. The first kappa shape index (κ1) is 21.5. The summed E-state index contributed by atoms with van der Waals surface area (Å²) >= 11 is 0. The van der Waals surface area contributed by atoms with Crippen LogP contribution in [-0.2, 0) is 0 Å². The number of alkyl halides is 2. The summed E-state index contributed by atoms with van der Waals surface area (Å²) < 4.78 is 31.5. The molecule has 1 amide bonds. The molecule has 0 radical (unpaired) electrons. The van der Waals surface area contributed by atoms with Crippen molar-refractivity contribution < 1.29 is 23.4 Å². The van der Waals surface area contributed by atoms with E-state index in [-0.39, 0.29) is 18.2 Å². The maximum atomic E-state index is 12.8. The molecule has 1 N–H and O–H groups in total. The number of nitrogens with one attached hydrogen (secondary N) is 1. The largest absolute Gasteiger partial charge is 0.530 e. The summed E-state index contributed by atoms with van der Waals surface area (Å²) in [5.74, 6) is 0.736. The molecular formula is C20H24F2N3O3-. The zero-order valence-electron chi connectivity index (χ0n) is 16.3. The maximum absolute atomic E-state index is 12.8. The van der Waals surface area contributed by atoms with Crippen LogP contribution >= 0.6 is 0 Å². The summed E-state index contributed by atoms with van der Waals surface area (Å²) in [7, 11) is 0. The van der Waals surface area contributed by atoms with Crippen molar-refractivity contribution in [3.05, 3.63) is 41.9 Å². The molecule has 0 fully saturated rings. The Labute approximate surface area is 163 Å². The van der Waals surface area contributed by atoms with Crippen LogP contribution in [0.2, 0.25) is 0 Å². The molecule has 0 bridgehead atoms. The molecule has 8 heteroatoms. The second-order valence-corrected chi connectivity index (χ2v) is 7.46. The highest BCUT2D eigenvalue weighted by Gasteiger charge is 2.26. The van der Waals surface area contributed by atoms with Crippen molar-refractivity contribution in [2.75, 3.05) is 6.61 Å². The van der Waals surface area contributed by atoms with E-state index in [1.165, 1.54) is 18.5 Å². The van der Waals surface area contributed by atoms with Crippen molar-refractivity contribution in [2.24, 2.45) is 5.92 Å². The Morgan fingerprint density at radius 1 is 1.32 bits per heavy atom. The van der Waals surface area contributed by atoms with Crippen LogP contribution in [0.1, 0.15) is 44.9 Å². The number of hydrogen-bond acceptors (Lipinski definition) is 5. The molecule has 2 aromatic rings. The van der Waals surface area contributed by atoms with Crippen LogP contribution < -0.4 is 15.2 Å². The number of hydrogen-bond donors (Lipinski definition) is 1. The van der Waals surface area contributed by atoms with E-state index in [1.807, 2.05) is 20.8 Å². The second kappa shape index (κ2) is 8.95. The molecule has 0 saturated heterocycles. The molecule has 2 heterocycles. The molecule has 0 spiro atoms. The number of pyridine rings is 2. The quantitative estimate of drug-likeness (QED) is 0.743. The SMILES string of the molecule is Cc1cc(-c2ccnc(C(F)F)c2)ncc1OCC(C)(CC(C)C)NC(=O)[O-]. The molecule has 28 heavy (non-hydrogen) atoms. The van der Waals surface area contributed by atoms with E-state index in [0.717, 1.165) is 5.56 Å². The Hall–Kier alpha value is -2.77. The number of nitrogens with zero attached hydrogens (tertiary/aromatic N) is 2. The van der Waals surface area contributed by atoms with Gasteiger partial charge in [0, 0.05) is 11.8 Å². The van der Waals surface area contributed by atoms with Crippen LogP contribution in [0, 0.1) is 12.8 Å². The smallest absolute Gasteiger partial charge is 0.280 e. The predicted octanol–water partition coefficient (Wildman–Crippen LogP) is 3.51. The zero-order chi connectivity index (χ0) is 20.9. The Balaban J connectivity index is 2.18. The molecule has 0 aromatic carbocycles. The topological polar surface area (TPSA) is 87.2 Å². The highest BCUT2D eigenvalue weighted by atomic mass is 19.3. The van der Waals surface area contributed by atoms with E-state index in [4.69, 9.17) is 4.74 Å². The Kier molecular flexibility index (Phi) is 6.88. The number of aromatic nitrogens is 2. The lowest BCUT2D eigenvalue weighted by atomic mass is 9.91. The molecule has 1 atom stereocenters. The van der Waals surface area contributed by atoms with Gasteiger partial charge >= 0.3 is 0 Å². The van der Waals surface area contributed by atoms with Crippen molar-refractivity contribution in [2.45, 2.75) is 46.1 Å². The molecule has 152 valence electrons. The number of aryl methyl sites for hydroxylation is 1. The zero-order valence-corrected chi connectivity index (χ0v) is 16.3. The van der Waals surface area contributed by atoms with Gasteiger partial charge in [0.2, 0.25) is 0 Å². The molecular weight excluding hydrogens is 368 g/mol. The molecule has 0 aliphatic carbocycles. The van der Waals surface area contributed by atoms with Gasteiger partial charge in [0.1, 0.15) is 24.1 Å². The third kappa shape index (κ3) is 5.87. The van der Waals surface area contributed by atoms with E-state index in [1.54, 1.807) is 19.1 Å². The number of ether oxygens (including phenoxy) is 1. The van der Waals surface area contributed by atoms with Gasteiger partial charge in [-0.25, -0.2) is 8.78 Å². The van der Waals surface area contributed by atoms with Crippen molar-refractivity contribution in [1.82, 2.24) is 15.3 Å². The van der Waals surface area contributed by atoms with Crippen molar-refractivity contribution in [1.29, 1.82) is 0 Å². The number of carboxylic acid groups (broad SMARTS) is 1. The van der Waals surface area contributed by atoms with Crippen LogP contribution in [0.15, 0.2) is 30.6 Å². The summed E-state index contributed by atoms with van der Waals surface area (Å²) in [5.41, 5.74) is 0.682. The number of carbonyl (C=O) groups is 1. The number of carbonyl (C=O) groups excluding carboxylic acids is 1. The fraction of sp³-hybridized carbons (Fsp3) is 0.450. The molecule has 2 rings (SSSR count). The van der Waals surface area contributed by atoms with Gasteiger partial charge in [-0.05, 0) is 49.9 Å². The number of amides is 1. The molecule has 6 nitrogen and oxygen atoms in total. The maximum Gasteiger partial charge on any atom is 0.280 e. The molecule has 0 aliphatic rings. The molecule has 2 aromatic heterocycles. The number of rotatable bonds is 8. The third-order valence-corrected chi connectivity index (χ3v) is 4.17. The van der Waals surface area contributed by atoms with E-state index in [9.17, 15) is 18.7 Å². The summed E-state index contributed by atoms with van der Waals surface area (Å²) in [4.78, 5) is 18.9. The van der Waals surface area contributed by atoms with Gasteiger partial charge in [-0.15, -0.1) is 0 Å². The Morgan fingerprint density at radius 3 is 2.61 bits per heavy atom. The minimum absolute atomic E-state index is 0.103. The van der Waals surface area contributed by atoms with Crippen LogP contribution in [-0.4, -0.2) is 28.2 Å². The van der Waals surface area contributed by atoms with Gasteiger partial charge in [0.05, 0.1) is 17.4 Å². The second-order valence-electron chi connectivity index (χ2n) is 7.46. The molecule has 0 aliphatic heterocycles. The van der Waals surface area contributed by atoms with Gasteiger partial charge in [0.15, 0.2) is 0 Å². The van der Waals surface area contributed by atoms with Crippen LogP contribution in [0.5, 0.6) is 5.75 Å². The lowest BCUT2D eigenvalue weighted by Gasteiger charge is -2.33. The highest BCUT2D eigenvalue weighted by molar-refractivity contribution is 5.63. The lowest BCUT2D eigenvalue weighted by molar-refractivity contribution is -0.253. The monoisotopic (exact) mass is 392 g/mol. The minimum atomic E-state index is -2.65. The predicted molar refractivity (Wildman–Crippen MR) is 99.0 cm³/mol. The van der Waals surface area contributed by atoms with Crippen LogP contribution in [0.3, 0.4) is 0 Å². The number of halogens is 2. The van der Waals surface area contributed by atoms with Crippen LogP contribution in [0.25, 0.3) is 11.3 Å². The summed E-state index contributed by atoms with van der Waals surface area (Å²) in [6, 6.07) is 4.64. The fourth-order valence-electron chi connectivity index (χ4n) is 3.11. The minimum Gasteiger partial charge on any atom is -0.530 e. The molecule has 0 saturated carbocycles. The van der Waals surface area contributed by atoms with E-state index < -0.39 is 18.1 Å². The van der Waals surface area contributed by atoms with E-state index in [0.29, 0.717) is 23.4 Å².